The number of hydrogen-bond donors (Lipinski definition) is 1. The zero-order chi connectivity index (χ0) is 11.8. The third-order valence-electron chi connectivity index (χ3n) is 2.15. The van der Waals surface area contributed by atoms with Gasteiger partial charge in [-0.3, -0.25) is 0 Å². The lowest BCUT2D eigenvalue weighted by Crippen LogP contribution is -2.13. The molecular weight excluding hydrogens is 286 g/mol. The van der Waals surface area contributed by atoms with Crippen LogP contribution >= 0.6 is 27.7 Å². The maximum absolute atomic E-state index is 5.80. The van der Waals surface area contributed by atoms with Crippen molar-refractivity contribution in [3.8, 4) is 5.75 Å². The van der Waals surface area contributed by atoms with Crippen LogP contribution in [0.15, 0.2) is 22.7 Å². The molecule has 0 aliphatic rings. The van der Waals surface area contributed by atoms with Crippen LogP contribution in [0.2, 0.25) is 0 Å². The second-order valence-corrected chi connectivity index (χ2v) is 5.19. The van der Waals surface area contributed by atoms with Crippen LogP contribution in [-0.2, 0) is 6.54 Å². The summed E-state index contributed by atoms with van der Waals surface area (Å²) >= 11 is 5.33. The Morgan fingerprint density at radius 1 is 1.44 bits per heavy atom. The van der Waals surface area contributed by atoms with Crippen molar-refractivity contribution in [1.29, 1.82) is 0 Å². The summed E-state index contributed by atoms with van der Waals surface area (Å²) in [6, 6.07) is 6.16. The van der Waals surface area contributed by atoms with E-state index in [0.29, 0.717) is 0 Å². The van der Waals surface area contributed by atoms with Crippen molar-refractivity contribution in [3.63, 3.8) is 0 Å². The van der Waals surface area contributed by atoms with E-state index in [9.17, 15) is 0 Å². The van der Waals surface area contributed by atoms with E-state index in [2.05, 4.69) is 40.5 Å². The van der Waals surface area contributed by atoms with Crippen LogP contribution in [0.3, 0.4) is 0 Å². The van der Waals surface area contributed by atoms with Gasteiger partial charge in [0.25, 0.3) is 0 Å². The zero-order valence-electron chi connectivity index (χ0n) is 9.75. The predicted molar refractivity (Wildman–Crippen MR) is 75.4 cm³/mol. The predicted octanol–water partition coefficient (Wildman–Crippen LogP) is 3.30. The molecule has 0 atom stereocenters. The Morgan fingerprint density at radius 3 is 2.94 bits per heavy atom. The van der Waals surface area contributed by atoms with E-state index in [1.807, 2.05) is 12.1 Å². The van der Waals surface area contributed by atoms with Gasteiger partial charge in [0.05, 0.1) is 11.1 Å². The third-order valence-corrected chi connectivity index (χ3v) is 3.35. The fourth-order valence-electron chi connectivity index (χ4n) is 1.34. The van der Waals surface area contributed by atoms with Crippen molar-refractivity contribution in [3.05, 3.63) is 28.2 Å². The minimum atomic E-state index is 0.753. The molecule has 0 saturated heterocycles. The van der Waals surface area contributed by atoms with Gasteiger partial charge in [0.1, 0.15) is 5.75 Å². The number of hydrogen-bond acceptors (Lipinski definition) is 3. The van der Waals surface area contributed by atoms with Gasteiger partial charge in [0.2, 0.25) is 0 Å². The minimum Gasteiger partial charge on any atom is -0.491 e. The first-order valence-corrected chi connectivity index (χ1v) is 7.58. The molecule has 16 heavy (non-hydrogen) atoms. The molecule has 4 heteroatoms. The molecule has 2 nitrogen and oxygen atoms in total. The van der Waals surface area contributed by atoms with Crippen molar-refractivity contribution in [1.82, 2.24) is 5.32 Å². The molecular formula is C12H18BrNOS. The number of halogens is 1. The summed E-state index contributed by atoms with van der Waals surface area (Å²) in [5, 5.41) is 3.32. The Morgan fingerprint density at radius 2 is 2.25 bits per heavy atom. The minimum absolute atomic E-state index is 0.753. The average molecular weight is 304 g/mol. The normalized spacial score (nSPS) is 10.4. The van der Waals surface area contributed by atoms with Crippen molar-refractivity contribution in [2.45, 2.75) is 13.5 Å². The summed E-state index contributed by atoms with van der Waals surface area (Å²) in [5.74, 6) is 1.99. The SMILES string of the molecule is CCNCc1cccc(Br)c1OCCSC. The Kier molecular flexibility index (Phi) is 6.92. The molecule has 90 valence electrons. The first-order chi connectivity index (χ1) is 7.79. The lowest BCUT2D eigenvalue weighted by molar-refractivity contribution is 0.337. The molecule has 0 aliphatic carbocycles. The van der Waals surface area contributed by atoms with Crippen LogP contribution in [-0.4, -0.2) is 25.2 Å². The number of para-hydroxylation sites is 1. The standard InChI is InChI=1S/C12H18BrNOS/c1-3-14-9-10-5-4-6-11(13)12(10)15-7-8-16-2/h4-6,14H,3,7-9H2,1-2H3. The molecule has 1 aromatic carbocycles. The number of thioether (sulfide) groups is 1. The van der Waals surface area contributed by atoms with E-state index in [1.54, 1.807) is 11.8 Å². The fraction of sp³-hybridized carbons (Fsp3) is 0.500. The maximum atomic E-state index is 5.80. The van der Waals surface area contributed by atoms with E-state index in [4.69, 9.17) is 4.74 Å². The summed E-state index contributed by atoms with van der Waals surface area (Å²) < 4.78 is 6.83. The summed E-state index contributed by atoms with van der Waals surface area (Å²) in [5.41, 5.74) is 1.21. The number of nitrogens with one attached hydrogen (secondary N) is 1. The van der Waals surface area contributed by atoms with Crippen LogP contribution < -0.4 is 10.1 Å². The van der Waals surface area contributed by atoms with Gasteiger partial charge in [-0.15, -0.1) is 0 Å². The highest BCUT2D eigenvalue weighted by atomic mass is 79.9. The number of ether oxygens (including phenoxy) is 1. The van der Waals surface area contributed by atoms with Crippen LogP contribution in [0.1, 0.15) is 12.5 Å². The molecule has 1 N–H and O–H groups in total. The van der Waals surface area contributed by atoms with Gasteiger partial charge < -0.3 is 10.1 Å². The molecule has 0 heterocycles. The van der Waals surface area contributed by atoms with Crippen LogP contribution in [0, 0.1) is 0 Å². The van der Waals surface area contributed by atoms with Gasteiger partial charge in [-0.2, -0.15) is 11.8 Å². The number of rotatable bonds is 7. The summed E-state index contributed by atoms with van der Waals surface area (Å²) in [6.45, 7) is 4.68. The Labute approximate surface area is 110 Å². The average Bonchev–Trinajstić information content (AvgIpc) is 2.29. The van der Waals surface area contributed by atoms with Crippen LogP contribution in [0.5, 0.6) is 5.75 Å². The largest absolute Gasteiger partial charge is 0.491 e. The molecule has 0 amide bonds. The first kappa shape index (κ1) is 13.9. The van der Waals surface area contributed by atoms with Gasteiger partial charge in [-0.1, -0.05) is 19.1 Å². The van der Waals surface area contributed by atoms with Crippen LogP contribution in [0.25, 0.3) is 0 Å². The van der Waals surface area contributed by atoms with Gasteiger partial charge in [-0.05, 0) is 34.8 Å². The molecule has 0 fully saturated rings. The maximum Gasteiger partial charge on any atom is 0.137 e. The molecule has 0 aromatic heterocycles. The molecule has 0 unspecified atom stereocenters. The molecule has 0 aliphatic heterocycles. The molecule has 0 spiro atoms. The Bertz CT molecular complexity index is 320. The number of benzene rings is 1. The third kappa shape index (κ3) is 4.36. The van der Waals surface area contributed by atoms with E-state index in [0.717, 1.165) is 35.7 Å². The van der Waals surface area contributed by atoms with Gasteiger partial charge in [0.15, 0.2) is 0 Å². The molecule has 1 rings (SSSR count). The van der Waals surface area contributed by atoms with Gasteiger partial charge >= 0.3 is 0 Å². The smallest absolute Gasteiger partial charge is 0.137 e. The first-order valence-electron chi connectivity index (χ1n) is 5.39. The monoisotopic (exact) mass is 303 g/mol. The lowest BCUT2D eigenvalue weighted by atomic mass is 10.2. The fourth-order valence-corrected chi connectivity index (χ4v) is 2.11. The highest BCUT2D eigenvalue weighted by Gasteiger charge is 2.07. The van der Waals surface area contributed by atoms with Crippen LogP contribution in [0.4, 0.5) is 0 Å². The van der Waals surface area contributed by atoms with Crippen molar-refractivity contribution < 1.29 is 4.74 Å². The van der Waals surface area contributed by atoms with E-state index in [-0.39, 0.29) is 0 Å². The Hall–Kier alpha value is -0.190. The Balaban J connectivity index is 2.69. The lowest BCUT2D eigenvalue weighted by Gasteiger charge is -2.13. The summed E-state index contributed by atoms with van der Waals surface area (Å²) in [7, 11) is 0. The van der Waals surface area contributed by atoms with Crippen molar-refractivity contribution in [2.75, 3.05) is 25.2 Å². The summed E-state index contributed by atoms with van der Waals surface area (Å²) in [4.78, 5) is 0. The molecule has 0 radical (unpaired) electrons. The second kappa shape index (κ2) is 7.98. The second-order valence-electron chi connectivity index (χ2n) is 3.35. The van der Waals surface area contributed by atoms with E-state index < -0.39 is 0 Å². The zero-order valence-corrected chi connectivity index (χ0v) is 12.2. The highest BCUT2D eigenvalue weighted by molar-refractivity contribution is 9.10. The van der Waals surface area contributed by atoms with Crippen molar-refractivity contribution in [2.24, 2.45) is 0 Å². The summed E-state index contributed by atoms with van der Waals surface area (Å²) in [6.07, 6.45) is 2.09. The topological polar surface area (TPSA) is 21.3 Å². The molecule has 0 bridgehead atoms. The molecule has 1 aromatic rings. The quantitative estimate of drug-likeness (QED) is 0.781. The highest BCUT2D eigenvalue weighted by Crippen LogP contribution is 2.29. The van der Waals surface area contributed by atoms with Crippen molar-refractivity contribution >= 4 is 27.7 Å². The van der Waals surface area contributed by atoms with Gasteiger partial charge in [0, 0.05) is 17.9 Å². The van der Waals surface area contributed by atoms with E-state index >= 15 is 0 Å². The molecule has 0 saturated carbocycles. The van der Waals surface area contributed by atoms with E-state index in [1.165, 1.54) is 5.56 Å². The van der Waals surface area contributed by atoms with Gasteiger partial charge in [-0.25, -0.2) is 0 Å².